The van der Waals surface area contributed by atoms with Crippen LogP contribution in [0.3, 0.4) is 0 Å². The van der Waals surface area contributed by atoms with Crippen LogP contribution < -0.4 is 15.0 Å². The largest absolute Gasteiger partial charge is 0.494 e. The fourth-order valence-corrected chi connectivity index (χ4v) is 2.83. The van der Waals surface area contributed by atoms with Crippen molar-refractivity contribution in [2.75, 3.05) is 30.4 Å². The van der Waals surface area contributed by atoms with Crippen LogP contribution in [0.4, 0.5) is 17.1 Å². The Hall–Kier alpha value is -3.09. The summed E-state index contributed by atoms with van der Waals surface area (Å²) in [6, 6.07) is 12.1. The lowest BCUT2D eigenvalue weighted by atomic mass is 10.2. The highest BCUT2D eigenvalue weighted by Gasteiger charge is 2.21. The minimum Gasteiger partial charge on any atom is -0.494 e. The van der Waals surface area contributed by atoms with E-state index in [1.165, 1.54) is 30.9 Å². The molecule has 3 rings (SSSR count). The quantitative estimate of drug-likeness (QED) is 0.674. The lowest BCUT2D eigenvalue weighted by Gasteiger charge is -2.19. The molecule has 2 aromatic carbocycles. The van der Waals surface area contributed by atoms with Gasteiger partial charge in [-0.3, -0.25) is 14.9 Å². The molecule has 0 unspecified atom stereocenters. The number of non-ortho nitro benzene ring substituents is 1. The summed E-state index contributed by atoms with van der Waals surface area (Å²) in [6.07, 6.45) is 0.921. The molecule has 1 aliphatic rings. The Morgan fingerprint density at radius 2 is 2.12 bits per heavy atom. The van der Waals surface area contributed by atoms with Gasteiger partial charge in [-0.2, -0.15) is 0 Å². The fourth-order valence-electron chi connectivity index (χ4n) is 2.83. The second-order valence-electron chi connectivity index (χ2n) is 5.49. The number of amides is 1. The maximum absolute atomic E-state index is 12.3. The number of methoxy groups -OCH3 is 1. The molecule has 1 heterocycles. The van der Waals surface area contributed by atoms with E-state index in [9.17, 15) is 14.9 Å². The van der Waals surface area contributed by atoms with Crippen molar-refractivity contribution < 1.29 is 14.5 Å². The van der Waals surface area contributed by atoms with E-state index in [4.69, 9.17) is 4.74 Å². The molecule has 24 heavy (non-hydrogen) atoms. The lowest BCUT2D eigenvalue weighted by molar-refractivity contribution is -0.384. The molecule has 0 fully saturated rings. The number of para-hydroxylation sites is 1. The first-order valence-electron chi connectivity index (χ1n) is 7.53. The smallest absolute Gasteiger partial charge is 0.273 e. The number of hydrogen-bond acceptors (Lipinski definition) is 5. The van der Waals surface area contributed by atoms with E-state index < -0.39 is 4.92 Å². The second-order valence-corrected chi connectivity index (χ2v) is 5.49. The van der Waals surface area contributed by atoms with Gasteiger partial charge in [-0.25, -0.2) is 0 Å². The van der Waals surface area contributed by atoms with Gasteiger partial charge >= 0.3 is 0 Å². The van der Waals surface area contributed by atoms with Crippen LogP contribution in [0.1, 0.15) is 5.56 Å². The van der Waals surface area contributed by atoms with E-state index in [1.807, 2.05) is 23.1 Å². The Morgan fingerprint density at radius 3 is 2.88 bits per heavy atom. The minimum atomic E-state index is -0.505. The number of carbonyl (C=O) groups excluding carboxylic acids is 1. The summed E-state index contributed by atoms with van der Waals surface area (Å²) >= 11 is 0. The zero-order valence-corrected chi connectivity index (χ0v) is 13.2. The molecule has 0 atom stereocenters. The zero-order chi connectivity index (χ0) is 17.1. The van der Waals surface area contributed by atoms with E-state index in [0.717, 1.165) is 18.7 Å². The van der Waals surface area contributed by atoms with E-state index in [2.05, 4.69) is 11.4 Å². The maximum Gasteiger partial charge on any atom is 0.273 e. The van der Waals surface area contributed by atoms with Gasteiger partial charge in [0.15, 0.2) is 0 Å². The molecule has 0 spiro atoms. The molecule has 1 amide bonds. The highest BCUT2D eigenvalue weighted by Crippen LogP contribution is 2.30. The van der Waals surface area contributed by atoms with E-state index >= 15 is 0 Å². The van der Waals surface area contributed by atoms with Gasteiger partial charge in [-0.05, 0) is 24.1 Å². The average molecular weight is 327 g/mol. The molecule has 124 valence electrons. The number of nitro groups is 1. The van der Waals surface area contributed by atoms with Crippen molar-refractivity contribution in [2.45, 2.75) is 6.42 Å². The molecule has 0 saturated heterocycles. The zero-order valence-electron chi connectivity index (χ0n) is 13.2. The summed E-state index contributed by atoms with van der Waals surface area (Å²) < 4.78 is 5.13. The SMILES string of the molecule is COc1cc([N+](=O)[O-])ccc1NC(=O)CN1CCc2ccccc21. The van der Waals surface area contributed by atoms with Crippen molar-refractivity contribution >= 4 is 23.0 Å². The number of nitrogens with zero attached hydrogens (tertiary/aromatic N) is 2. The van der Waals surface area contributed by atoms with Crippen LogP contribution in [-0.4, -0.2) is 31.0 Å². The first kappa shape index (κ1) is 15.8. The number of nitro benzene ring substituents is 1. The summed E-state index contributed by atoms with van der Waals surface area (Å²) in [5, 5.41) is 13.6. The standard InChI is InChI=1S/C17H17N3O4/c1-24-16-10-13(20(22)23)6-7-14(16)18-17(21)11-19-9-8-12-4-2-3-5-15(12)19/h2-7,10H,8-9,11H2,1H3,(H,18,21). The number of anilines is 2. The monoisotopic (exact) mass is 327 g/mol. The molecule has 1 aliphatic heterocycles. The molecule has 0 radical (unpaired) electrons. The van der Waals surface area contributed by atoms with Crippen molar-refractivity contribution in [3.05, 3.63) is 58.1 Å². The number of hydrogen-bond donors (Lipinski definition) is 1. The van der Waals surface area contributed by atoms with Crippen molar-refractivity contribution in [3.63, 3.8) is 0 Å². The summed E-state index contributed by atoms with van der Waals surface area (Å²) in [5.41, 5.74) is 2.64. The van der Waals surface area contributed by atoms with Gasteiger partial charge in [0, 0.05) is 18.3 Å². The second kappa shape index (κ2) is 6.57. The molecule has 0 aliphatic carbocycles. The van der Waals surface area contributed by atoms with Crippen LogP contribution in [0.2, 0.25) is 0 Å². The number of carbonyl (C=O) groups is 1. The van der Waals surface area contributed by atoms with Crippen LogP contribution in [0.5, 0.6) is 5.75 Å². The summed E-state index contributed by atoms with van der Waals surface area (Å²) in [7, 11) is 1.41. The van der Waals surface area contributed by atoms with Crippen LogP contribution in [0.25, 0.3) is 0 Å². The summed E-state index contributed by atoms with van der Waals surface area (Å²) in [5.74, 6) is 0.0678. The van der Waals surface area contributed by atoms with Gasteiger partial charge in [-0.15, -0.1) is 0 Å². The first-order valence-corrected chi connectivity index (χ1v) is 7.53. The Bertz CT molecular complexity index is 791. The first-order chi connectivity index (χ1) is 11.6. The van der Waals surface area contributed by atoms with E-state index in [-0.39, 0.29) is 23.9 Å². The molecule has 0 saturated carbocycles. The highest BCUT2D eigenvalue weighted by atomic mass is 16.6. The van der Waals surface area contributed by atoms with Gasteiger partial charge in [0.2, 0.25) is 5.91 Å². The van der Waals surface area contributed by atoms with Crippen LogP contribution in [0.15, 0.2) is 42.5 Å². The van der Waals surface area contributed by atoms with Crippen molar-refractivity contribution in [1.82, 2.24) is 0 Å². The van der Waals surface area contributed by atoms with Gasteiger partial charge < -0.3 is 15.0 Å². The molecule has 7 nitrogen and oxygen atoms in total. The molecule has 7 heteroatoms. The minimum absolute atomic E-state index is 0.0849. The van der Waals surface area contributed by atoms with Crippen molar-refractivity contribution in [3.8, 4) is 5.75 Å². The van der Waals surface area contributed by atoms with Gasteiger partial charge in [0.05, 0.1) is 30.3 Å². The summed E-state index contributed by atoms with van der Waals surface area (Å²) in [6.45, 7) is 1.02. The summed E-state index contributed by atoms with van der Waals surface area (Å²) in [4.78, 5) is 24.6. The van der Waals surface area contributed by atoms with Crippen LogP contribution in [-0.2, 0) is 11.2 Å². The van der Waals surface area contributed by atoms with Gasteiger partial charge in [0.25, 0.3) is 5.69 Å². The van der Waals surface area contributed by atoms with E-state index in [0.29, 0.717) is 5.69 Å². The van der Waals surface area contributed by atoms with Gasteiger partial charge in [-0.1, -0.05) is 18.2 Å². The molecule has 0 bridgehead atoms. The normalized spacial score (nSPS) is 12.6. The Kier molecular flexibility index (Phi) is 4.33. The number of rotatable bonds is 5. The lowest BCUT2D eigenvalue weighted by Crippen LogP contribution is -2.31. The number of ether oxygens (including phenoxy) is 1. The third-order valence-corrected chi connectivity index (χ3v) is 3.99. The molecule has 1 N–H and O–H groups in total. The number of nitrogens with one attached hydrogen (secondary N) is 1. The van der Waals surface area contributed by atoms with E-state index in [1.54, 1.807) is 0 Å². The molecule has 0 aromatic heterocycles. The predicted molar refractivity (Wildman–Crippen MR) is 90.6 cm³/mol. The van der Waals surface area contributed by atoms with Crippen LogP contribution in [0, 0.1) is 10.1 Å². The third-order valence-electron chi connectivity index (χ3n) is 3.99. The fraction of sp³-hybridized carbons (Fsp3) is 0.235. The number of benzene rings is 2. The predicted octanol–water partition coefficient (Wildman–Crippen LogP) is 2.60. The molecule has 2 aromatic rings. The molecular weight excluding hydrogens is 310 g/mol. The van der Waals surface area contributed by atoms with Crippen molar-refractivity contribution in [2.24, 2.45) is 0 Å². The number of fused-ring (bicyclic) bond motifs is 1. The Balaban J connectivity index is 1.71. The highest BCUT2D eigenvalue weighted by molar-refractivity contribution is 5.95. The Labute approximate surface area is 139 Å². The maximum atomic E-state index is 12.3. The molecular formula is C17H17N3O4. The van der Waals surface area contributed by atoms with Crippen molar-refractivity contribution in [1.29, 1.82) is 0 Å². The van der Waals surface area contributed by atoms with Gasteiger partial charge in [0.1, 0.15) is 5.75 Å². The average Bonchev–Trinajstić information content (AvgIpc) is 2.98. The van der Waals surface area contributed by atoms with Crippen LogP contribution >= 0.6 is 0 Å². The Morgan fingerprint density at radius 1 is 1.33 bits per heavy atom. The topological polar surface area (TPSA) is 84.7 Å². The third kappa shape index (κ3) is 3.15.